The highest BCUT2D eigenvalue weighted by Crippen LogP contribution is 2.26. The first kappa shape index (κ1) is 12.5. The SMILES string of the molecule is O=C(O)[C@@H]1CSCN1C(=O)N1CCCC1CO. The van der Waals surface area contributed by atoms with Gasteiger partial charge in [-0.05, 0) is 12.8 Å². The fourth-order valence-electron chi connectivity index (χ4n) is 2.28. The van der Waals surface area contributed by atoms with E-state index in [-0.39, 0.29) is 18.7 Å². The summed E-state index contributed by atoms with van der Waals surface area (Å²) in [5.74, 6) is -0.0912. The van der Waals surface area contributed by atoms with Crippen LogP contribution in [0.1, 0.15) is 12.8 Å². The Morgan fingerprint density at radius 1 is 1.35 bits per heavy atom. The molecule has 0 aromatic heterocycles. The van der Waals surface area contributed by atoms with Crippen molar-refractivity contribution in [1.82, 2.24) is 9.80 Å². The number of aliphatic carboxylic acids is 1. The summed E-state index contributed by atoms with van der Waals surface area (Å²) in [6.45, 7) is 0.558. The van der Waals surface area contributed by atoms with Crippen molar-refractivity contribution in [1.29, 1.82) is 0 Å². The van der Waals surface area contributed by atoms with Crippen LogP contribution < -0.4 is 0 Å². The number of aliphatic hydroxyl groups is 1. The second kappa shape index (κ2) is 5.14. The minimum Gasteiger partial charge on any atom is -0.480 e. The predicted molar refractivity (Wildman–Crippen MR) is 62.8 cm³/mol. The van der Waals surface area contributed by atoms with Gasteiger partial charge >= 0.3 is 12.0 Å². The number of likely N-dealkylation sites (tertiary alicyclic amines) is 1. The second-order valence-corrected chi connectivity index (χ2v) is 5.28. The van der Waals surface area contributed by atoms with E-state index in [0.717, 1.165) is 12.8 Å². The highest BCUT2D eigenvalue weighted by atomic mass is 32.2. The third kappa shape index (κ3) is 2.35. The summed E-state index contributed by atoms with van der Waals surface area (Å²) < 4.78 is 0. The molecule has 2 N–H and O–H groups in total. The van der Waals surface area contributed by atoms with E-state index in [4.69, 9.17) is 10.2 Å². The lowest BCUT2D eigenvalue weighted by molar-refractivity contribution is -0.141. The van der Waals surface area contributed by atoms with Gasteiger partial charge in [0.05, 0.1) is 18.5 Å². The molecule has 2 rings (SSSR count). The standard InChI is InChI=1S/C10H16N2O4S/c13-4-7-2-1-3-11(7)10(16)12-6-17-5-8(12)9(14)15/h7-8,13H,1-6H2,(H,14,15)/t7?,8-/m0/s1. The molecule has 2 saturated heterocycles. The smallest absolute Gasteiger partial charge is 0.327 e. The monoisotopic (exact) mass is 260 g/mol. The van der Waals surface area contributed by atoms with E-state index < -0.39 is 12.0 Å². The molecule has 0 radical (unpaired) electrons. The average Bonchev–Trinajstić information content (AvgIpc) is 2.96. The molecule has 17 heavy (non-hydrogen) atoms. The molecule has 0 aliphatic carbocycles. The molecule has 2 amide bonds. The second-order valence-electron chi connectivity index (χ2n) is 4.28. The van der Waals surface area contributed by atoms with Gasteiger partial charge in [0.25, 0.3) is 0 Å². The van der Waals surface area contributed by atoms with Gasteiger partial charge in [0, 0.05) is 12.3 Å². The highest BCUT2D eigenvalue weighted by Gasteiger charge is 2.39. The van der Waals surface area contributed by atoms with E-state index in [9.17, 15) is 9.59 Å². The van der Waals surface area contributed by atoms with Crippen LogP contribution in [0.5, 0.6) is 0 Å². The predicted octanol–water partition coefficient (Wildman–Crippen LogP) is 0.0226. The normalized spacial score (nSPS) is 28.8. The Hall–Kier alpha value is -0.950. The van der Waals surface area contributed by atoms with Crippen molar-refractivity contribution in [2.24, 2.45) is 0 Å². The zero-order chi connectivity index (χ0) is 12.4. The maximum Gasteiger partial charge on any atom is 0.327 e. The fourth-order valence-corrected chi connectivity index (χ4v) is 3.42. The maximum absolute atomic E-state index is 12.2. The van der Waals surface area contributed by atoms with Crippen LogP contribution in [0.4, 0.5) is 4.79 Å². The molecule has 0 aromatic carbocycles. The fraction of sp³-hybridized carbons (Fsp3) is 0.800. The molecule has 0 bridgehead atoms. The van der Waals surface area contributed by atoms with Crippen molar-refractivity contribution in [2.45, 2.75) is 24.9 Å². The largest absolute Gasteiger partial charge is 0.480 e. The number of hydrogen-bond donors (Lipinski definition) is 2. The van der Waals surface area contributed by atoms with Crippen molar-refractivity contribution in [3.63, 3.8) is 0 Å². The molecular formula is C10H16N2O4S. The first-order valence-corrected chi connectivity index (χ1v) is 6.79. The number of carboxylic acids is 1. The Balaban J connectivity index is 2.06. The molecular weight excluding hydrogens is 244 g/mol. The van der Waals surface area contributed by atoms with E-state index in [1.54, 1.807) is 4.90 Å². The van der Waals surface area contributed by atoms with E-state index in [0.29, 0.717) is 18.2 Å². The van der Waals surface area contributed by atoms with Gasteiger partial charge in [-0.25, -0.2) is 9.59 Å². The van der Waals surface area contributed by atoms with Crippen LogP contribution in [0, 0.1) is 0 Å². The van der Waals surface area contributed by atoms with Crippen molar-refractivity contribution in [3.8, 4) is 0 Å². The summed E-state index contributed by atoms with van der Waals surface area (Å²) in [4.78, 5) is 26.2. The van der Waals surface area contributed by atoms with E-state index in [1.807, 2.05) is 0 Å². The number of rotatable bonds is 2. The summed E-state index contributed by atoms with van der Waals surface area (Å²) in [6.07, 6.45) is 1.66. The Labute approximate surface area is 104 Å². The van der Waals surface area contributed by atoms with Crippen LogP contribution in [0.3, 0.4) is 0 Å². The van der Waals surface area contributed by atoms with Gasteiger partial charge < -0.3 is 20.0 Å². The van der Waals surface area contributed by atoms with Crippen LogP contribution in [0.15, 0.2) is 0 Å². The Kier molecular flexibility index (Phi) is 3.78. The molecule has 6 nitrogen and oxygen atoms in total. The van der Waals surface area contributed by atoms with Crippen LogP contribution in [-0.4, -0.2) is 68.9 Å². The number of nitrogens with zero attached hydrogens (tertiary/aromatic N) is 2. The first-order chi connectivity index (χ1) is 8.15. The molecule has 2 aliphatic rings. The van der Waals surface area contributed by atoms with Gasteiger partial charge in [-0.15, -0.1) is 11.8 Å². The van der Waals surface area contributed by atoms with Gasteiger partial charge in [0.2, 0.25) is 0 Å². The molecule has 96 valence electrons. The minimum atomic E-state index is -0.955. The van der Waals surface area contributed by atoms with Gasteiger partial charge in [0.15, 0.2) is 0 Å². The number of carboxylic acid groups (broad SMARTS) is 1. The molecule has 0 aromatic rings. The first-order valence-electron chi connectivity index (χ1n) is 5.63. The van der Waals surface area contributed by atoms with E-state index in [2.05, 4.69) is 0 Å². The van der Waals surface area contributed by atoms with Crippen molar-refractivity contribution < 1.29 is 19.8 Å². The van der Waals surface area contributed by atoms with Crippen molar-refractivity contribution >= 4 is 23.8 Å². The van der Waals surface area contributed by atoms with E-state index >= 15 is 0 Å². The summed E-state index contributed by atoms with van der Waals surface area (Å²) in [6, 6.07) is -1.13. The van der Waals surface area contributed by atoms with Gasteiger partial charge in [-0.1, -0.05) is 0 Å². The van der Waals surface area contributed by atoms with Gasteiger partial charge in [-0.2, -0.15) is 0 Å². The summed E-state index contributed by atoms with van der Waals surface area (Å²) in [5, 5.41) is 18.2. The third-order valence-corrected chi connectivity index (χ3v) is 4.26. The van der Waals surface area contributed by atoms with E-state index in [1.165, 1.54) is 16.7 Å². The molecule has 0 saturated carbocycles. The number of aliphatic hydroxyl groups excluding tert-OH is 1. The number of carbonyl (C=O) groups excluding carboxylic acids is 1. The molecule has 7 heteroatoms. The van der Waals surface area contributed by atoms with Crippen LogP contribution in [-0.2, 0) is 4.79 Å². The lowest BCUT2D eigenvalue weighted by Gasteiger charge is -2.30. The molecule has 2 atom stereocenters. The number of urea groups is 1. The number of hydrogen-bond acceptors (Lipinski definition) is 4. The lowest BCUT2D eigenvalue weighted by atomic mass is 10.2. The molecule has 2 heterocycles. The van der Waals surface area contributed by atoms with Crippen LogP contribution in [0.2, 0.25) is 0 Å². The summed E-state index contributed by atoms with van der Waals surface area (Å²) in [5.41, 5.74) is 0. The minimum absolute atomic E-state index is 0.0511. The summed E-state index contributed by atoms with van der Waals surface area (Å²) >= 11 is 1.45. The maximum atomic E-state index is 12.2. The molecule has 2 aliphatic heterocycles. The highest BCUT2D eigenvalue weighted by molar-refractivity contribution is 7.99. The zero-order valence-corrected chi connectivity index (χ0v) is 10.2. The van der Waals surface area contributed by atoms with Crippen LogP contribution >= 0.6 is 11.8 Å². The Morgan fingerprint density at radius 2 is 2.12 bits per heavy atom. The summed E-state index contributed by atoms with van der Waals surface area (Å²) in [7, 11) is 0. The topological polar surface area (TPSA) is 81.1 Å². The quantitative estimate of drug-likeness (QED) is 0.731. The molecule has 0 spiro atoms. The average molecular weight is 260 g/mol. The number of thioether (sulfide) groups is 1. The van der Waals surface area contributed by atoms with Crippen molar-refractivity contribution in [3.05, 3.63) is 0 Å². The van der Waals surface area contributed by atoms with Crippen LogP contribution in [0.25, 0.3) is 0 Å². The third-order valence-electron chi connectivity index (χ3n) is 3.25. The van der Waals surface area contributed by atoms with Gasteiger partial charge in [-0.3, -0.25) is 0 Å². The molecule has 1 unspecified atom stereocenters. The van der Waals surface area contributed by atoms with Gasteiger partial charge in [0.1, 0.15) is 6.04 Å². The number of amides is 2. The van der Waals surface area contributed by atoms with Crippen molar-refractivity contribution in [2.75, 3.05) is 24.8 Å². The Morgan fingerprint density at radius 3 is 2.76 bits per heavy atom. The number of carbonyl (C=O) groups is 2. The molecule has 2 fully saturated rings. The zero-order valence-electron chi connectivity index (χ0n) is 9.41. The Bertz CT molecular complexity index is 325. The lowest BCUT2D eigenvalue weighted by Crippen LogP contribution is -2.50.